The van der Waals surface area contributed by atoms with Crippen LogP contribution in [-0.4, -0.2) is 54.2 Å². The Morgan fingerprint density at radius 3 is 2.19 bits per heavy atom. The molecule has 2 saturated heterocycles. The lowest BCUT2D eigenvalue weighted by atomic mass is 10.0. The maximum Gasteiger partial charge on any atom is 0.410 e. The Morgan fingerprint density at radius 2 is 1.55 bits per heavy atom. The molecule has 0 aromatic heterocycles. The number of nitrogen functional groups attached to an aromatic ring is 1. The largest absolute Gasteiger partial charge is 0.446 e. The van der Waals surface area contributed by atoms with Crippen molar-refractivity contribution < 1.29 is 18.7 Å². The molecule has 1 saturated carbocycles. The predicted molar refractivity (Wildman–Crippen MR) is 115 cm³/mol. The van der Waals surface area contributed by atoms with Crippen LogP contribution in [0.4, 0.5) is 25.4 Å². The van der Waals surface area contributed by atoms with Crippen molar-refractivity contribution in [2.75, 3.05) is 37.2 Å². The summed E-state index contributed by atoms with van der Waals surface area (Å²) < 4.78 is 18.6. The summed E-state index contributed by atoms with van der Waals surface area (Å²) in [5.74, 6) is 0.229. The zero-order valence-electron chi connectivity index (χ0n) is 17.1. The van der Waals surface area contributed by atoms with Crippen molar-refractivity contribution in [2.24, 2.45) is 11.8 Å². The van der Waals surface area contributed by atoms with Gasteiger partial charge in [0.25, 0.3) is 0 Å². The smallest absolute Gasteiger partial charge is 0.410 e. The first-order valence-electron chi connectivity index (χ1n) is 10.6. The average molecular weight is 424 g/mol. The van der Waals surface area contributed by atoms with Crippen LogP contribution >= 0.6 is 0 Å². The minimum absolute atomic E-state index is 0.103. The second kappa shape index (κ2) is 7.76. The van der Waals surface area contributed by atoms with Gasteiger partial charge in [0.2, 0.25) is 0 Å². The molecule has 2 aromatic rings. The van der Waals surface area contributed by atoms with Crippen LogP contribution in [0.5, 0.6) is 0 Å². The van der Waals surface area contributed by atoms with E-state index in [2.05, 4.69) is 5.32 Å². The zero-order chi connectivity index (χ0) is 21.5. The molecule has 0 spiro atoms. The Balaban J connectivity index is 1.21. The van der Waals surface area contributed by atoms with E-state index in [4.69, 9.17) is 10.5 Å². The molecular formula is C23H25FN4O3. The Bertz CT molecular complexity index is 994. The lowest BCUT2D eigenvalue weighted by Crippen LogP contribution is -2.38. The zero-order valence-corrected chi connectivity index (χ0v) is 17.1. The first kappa shape index (κ1) is 19.7. The number of rotatable bonds is 3. The highest BCUT2D eigenvalue weighted by atomic mass is 19.1. The summed E-state index contributed by atoms with van der Waals surface area (Å²) in [6, 6.07) is 11.3. The highest BCUT2D eigenvalue weighted by Gasteiger charge is 2.44. The SMILES string of the molecule is Nc1ccc(-c2ccc(F)cc2)cc1NC(=O)N1CC2CN(C(=O)OC3CC3)CC2C1. The molecule has 2 aromatic carbocycles. The Hall–Kier alpha value is -3.29. The Kier molecular flexibility index (Phi) is 4.92. The van der Waals surface area contributed by atoms with E-state index < -0.39 is 0 Å². The summed E-state index contributed by atoms with van der Waals surface area (Å²) in [4.78, 5) is 28.6. The van der Waals surface area contributed by atoms with Gasteiger partial charge in [-0.15, -0.1) is 0 Å². The van der Waals surface area contributed by atoms with Crippen molar-refractivity contribution in [1.82, 2.24) is 9.80 Å². The molecule has 3 fully saturated rings. The third-order valence-corrected chi connectivity index (χ3v) is 6.30. The minimum Gasteiger partial charge on any atom is -0.446 e. The number of halogens is 1. The van der Waals surface area contributed by atoms with E-state index in [0.717, 1.165) is 24.0 Å². The van der Waals surface area contributed by atoms with E-state index >= 15 is 0 Å². The summed E-state index contributed by atoms with van der Waals surface area (Å²) in [5, 5.41) is 2.91. The van der Waals surface area contributed by atoms with Crippen LogP contribution in [0.1, 0.15) is 12.8 Å². The number of hydrogen-bond donors (Lipinski definition) is 2. The molecule has 2 unspecified atom stereocenters. The average Bonchev–Trinajstić information content (AvgIpc) is 3.32. The number of likely N-dealkylation sites (tertiary alicyclic amines) is 2. The van der Waals surface area contributed by atoms with Crippen molar-refractivity contribution in [3.05, 3.63) is 48.3 Å². The first-order chi connectivity index (χ1) is 15.0. The van der Waals surface area contributed by atoms with Gasteiger partial charge in [-0.2, -0.15) is 0 Å². The van der Waals surface area contributed by atoms with Gasteiger partial charge in [-0.3, -0.25) is 0 Å². The number of carbonyl (C=O) groups is 2. The van der Waals surface area contributed by atoms with Crippen LogP contribution in [-0.2, 0) is 4.74 Å². The first-order valence-corrected chi connectivity index (χ1v) is 10.6. The van der Waals surface area contributed by atoms with E-state index in [0.29, 0.717) is 37.6 Å². The number of urea groups is 1. The number of amides is 3. The van der Waals surface area contributed by atoms with Gasteiger partial charge in [0.1, 0.15) is 11.9 Å². The molecule has 0 bridgehead atoms. The highest BCUT2D eigenvalue weighted by Crippen LogP contribution is 2.34. The van der Waals surface area contributed by atoms with E-state index in [1.54, 1.807) is 34.1 Å². The maximum absolute atomic E-state index is 13.2. The van der Waals surface area contributed by atoms with Gasteiger partial charge in [-0.05, 0) is 48.2 Å². The van der Waals surface area contributed by atoms with Crippen LogP contribution in [0, 0.1) is 17.7 Å². The number of nitrogens with one attached hydrogen (secondary N) is 1. The van der Waals surface area contributed by atoms with Crippen LogP contribution in [0.3, 0.4) is 0 Å². The fourth-order valence-corrected chi connectivity index (χ4v) is 4.39. The molecule has 3 amide bonds. The molecule has 31 heavy (non-hydrogen) atoms. The topological polar surface area (TPSA) is 87.9 Å². The number of anilines is 2. The van der Waals surface area contributed by atoms with Crippen LogP contribution < -0.4 is 11.1 Å². The van der Waals surface area contributed by atoms with Crippen LogP contribution in [0.2, 0.25) is 0 Å². The predicted octanol–water partition coefficient (Wildman–Crippen LogP) is 3.77. The highest BCUT2D eigenvalue weighted by molar-refractivity contribution is 5.94. The second-order valence-electron chi connectivity index (χ2n) is 8.65. The molecule has 2 heterocycles. The number of carbonyl (C=O) groups excluding carboxylic acids is 2. The fraction of sp³-hybridized carbons (Fsp3) is 0.391. The molecule has 3 aliphatic rings. The van der Waals surface area contributed by atoms with Gasteiger partial charge >= 0.3 is 12.1 Å². The van der Waals surface area contributed by atoms with Crippen LogP contribution in [0.25, 0.3) is 11.1 Å². The van der Waals surface area contributed by atoms with Gasteiger partial charge in [-0.25, -0.2) is 14.0 Å². The van der Waals surface area contributed by atoms with E-state index in [1.807, 2.05) is 6.07 Å². The lowest BCUT2D eigenvalue weighted by Gasteiger charge is -2.22. The molecule has 0 radical (unpaired) electrons. The molecule has 8 heteroatoms. The van der Waals surface area contributed by atoms with Crippen molar-refractivity contribution in [2.45, 2.75) is 18.9 Å². The molecular weight excluding hydrogens is 399 g/mol. The van der Waals surface area contributed by atoms with Gasteiger partial charge in [0.15, 0.2) is 0 Å². The van der Waals surface area contributed by atoms with Gasteiger partial charge in [0.05, 0.1) is 11.4 Å². The number of ether oxygens (including phenoxy) is 1. The monoisotopic (exact) mass is 424 g/mol. The van der Waals surface area contributed by atoms with Gasteiger partial charge < -0.3 is 25.6 Å². The summed E-state index contributed by atoms with van der Waals surface area (Å²) in [5.41, 5.74) is 8.75. The number of benzene rings is 2. The number of nitrogens with zero attached hydrogens (tertiary/aromatic N) is 2. The minimum atomic E-state index is -0.299. The number of fused-ring (bicyclic) bond motifs is 1. The van der Waals surface area contributed by atoms with Crippen molar-refractivity contribution >= 4 is 23.5 Å². The molecule has 2 aliphatic heterocycles. The van der Waals surface area contributed by atoms with Gasteiger partial charge in [-0.1, -0.05) is 18.2 Å². The maximum atomic E-state index is 13.2. The molecule has 162 valence electrons. The summed E-state index contributed by atoms with van der Waals surface area (Å²) in [6.07, 6.45) is 1.81. The molecule has 5 rings (SSSR count). The third kappa shape index (κ3) is 4.15. The summed E-state index contributed by atoms with van der Waals surface area (Å²) in [6.45, 7) is 2.45. The quantitative estimate of drug-likeness (QED) is 0.735. The number of hydrogen-bond acceptors (Lipinski definition) is 4. The van der Waals surface area contributed by atoms with Gasteiger partial charge in [0, 0.05) is 38.0 Å². The second-order valence-corrected chi connectivity index (χ2v) is 8.65. The van der Waals surface area contributed by atoms with Crippen molar-refractivity contribution in [1.29, 1.82) is 0 Å². The standard InChI is InChI=1S/C23H25FN4O3/c24-18-4-1-14(2-5-18)15-3-8-20(25)21(9-15)26-22(29)27-10-16-12-28(13-17(16)11-27)23(30)31-19-6-7-19/h1-5,8-9,16-17,19H,6-7,10-13,25H2,(H,26,29). The van der Waals surface area contributed by atoms with Crippen molar-refractivity contribution in [3.8, 4) is 11.1 Å². The summed E-state index contributed by atoms with van der Waals surface area (Å²) in [7, 11) is 0. The normalized spacial score (nSPS) is 22.4. The lowest BCUT2D eigenvalue weighted by molar-refractivity contribution is 0.100. The number of nitrogens with two attached hydrogens (primary N) is 1. The third-order valence-electron chi connectivity index (χ3n) is 6.30. The van der Waals surface area contributed by atoms with E-state index in [1.165, 1.54) is 12.1 Å². The van der Waals surface area contributed by atoms with E-state index in [-0.39, 0.29) is 35.9 Å². The molecule has 1 aliphatic carbocycles. The van der Waals surface area contributed by atoms with E-state index in [9.17, 15) is 14.0 Å². The fourth-order valence-electron chi connectivity index (χ4n) is 4.39. The Morgan fingerprint density at radius 1 is 0.935 bits per heavy atom. The molecule has 3 N–H and O–H groups in total. The molecule has 2 atom stereocenters. The molecule has 7 nitrogen and oxygen atoms in total. The Labute approximate surface area is 179 Å². The van der Waals surface area contributed by atoms with Crippen LogP contribution in [0.15, 0.2) is 42.5 Å². The van der Waals surface area contributed by atoms with Crippen molar-refractivity contribution in [3.63, 3.8) is 0 Å². The summed E-state index contributed by atoms with van der Waals surface area (Å²) >= 11 is 0.